The molecule has 0 fully saturated rings. The number of hydrogen-bond acceptors (Lipinski definition) is 4. The normalized spacial score (nSPS) is 10.3. The molecular formula is C13H13BrClN3O. The van der Waals surface area contributed by atoms with Crippen molar-refractivity contribution in [3.05, 3.63) is 45.8 Å². The van der Waals surface area contributed by atoms with Crippen LogP contribution in [0, 0.1) is 0 Å². The predicted octanol–water partition coefficient (Wildman–Crippen LogP) is 3.56. The molecule has 6 heteroatoms. The maximum Gasteiger partial charge on any atom is 0.148 e. The fourth-order valence-corrected chi connectivity index (χ4v) is 2.10. The molecular weight excluding hydrogens is 330 g/mol. The van der Waals surface area contributed by atoms with Crippen LogP contribution >= 0.6 is 27.5 Å². The van der Waals surface area contributed by atoms with Gasteiger partial charge in [0.15, 0.2) is 0 Å². The SMILES string of the molecule is COc1cccc(CCNc2ncnc(Cl)c2Br)c1. The van der Waals surface area contributed by atoms with Gasteiger partial charge in [-0.15, -0.1) is 0 Å². The fourth-order valence-electron chi connectivity index (χ4n) is 1.62. The average molecular weight is 343 g/mol. The zero-order valence-electron chi connectivity index (χ0n) is 10.4. The molecule has 0 aliphatic heterocycles. The molecule has 0 atom stereocenters. The van der Waals surface area contributed by atoms with Crippen molar-refractivity contribution < 1.29 is 4.74 Å². The summed E-state index contributed by atoms with van der Waals surface area (Å²) in [6.45, 7) is 0.749. The molecule has 0 saturated carbocycles. The van der Waals surface area contributed by atoms with Gasteiger partial charge in [0.25, 0.3) is 0 Å². The van der Waals surface area contributed by atoms with Crippen LogP contribution in [0.1, 0.15) is 5.56 Å². The first kappa shape index (κ1) is 14.1. The molecule has 0 bridgehead atoms. The van der Waals surface area contributed by atoms with Gasteiger partial charge in [-0.2, -0.15) is 0 Å². The number of anilines is 1. The summed E-state index contributed by atoms with van der Waals surface area (Å²) < 4.78 is 5.87. The Balaban J connectivity index is 1.94. The van der Waals surface area contributed by atoms with Gasteiger partial charge in [-0.25, -0.2) is 9.97 Å². The van der Waals surface area contributed by atoms with Gasteiger partial charge in [0.1, 0.15) is 23.0 Å². The second-order valence-electron chi connectivity index (χ2n) is 3.86. The van der Waals surface area contributed by atoms with Crippen LogP contribution in [-0.2, 0) is 6.42 Å². The molecule has 0 amide bonds. The summed E-state index contributed by atoms with van der Waals surface area (Å²) in [5, 5.41) is 3.62. The van der Waals surface area contributed by atoms with Crippen molar-refractivity contribution in [3.8, 4) is 5.75 Å². The van der Waals surface area contributed by atoms with E-state index >= 15 is 0 Å². The van der Waals surface area contributed by atoms with E-state index in [0.29, 0.717) is 15.4 Å². The van der Waals surface area contributed by atoms with Crippen molar-refractivity contribution in [2.24, 2.45) is 0 Å². The molecule has 1 N–H and O–H groups in total. The third-order valence-corrected chi connectivity index (χ3v) is 3.85. The molecule has 0 unspecified atom stereocenters. The summed E-state index contributed by atoms with van der Waals surface area (Å²) in [4.78, 5) is 8.00. The summed E-state index contributed by atoms with van der Waals surface area (Å²) >= 11 is 9.24. The number of hydrogen-bond donors (Lipinski definition) is 1. The largest absolute Gasteiger partial charge is 0.497 e. The maximum absolute atomic E-state index is 5.89. The van der Waals surface area contributed by atoms with Crippen molar-refractivity contribution >= 4 is 33.3 Å². The van der Waals surface area contributed by atoms with E-state index in [2.05, 4.69) is 37.3 Å². The van der Waals surface area contributed by atoms with Gasteiger partial charge in [-0.3, -0.25) is 0 Å². The van der Waals surface area contributed by atoms with Gasteiger partial charge in [-0.05, 0) is 40.0 Å². The van der Waals surface area contributed by atoms with Gasteiger partial charge in [0.05, 0.1) is 11.6 Å². The lowest BCUT2D eigenvalue weighted by Gasteiger charge is -2.08. The van der Waals surface area contributed by atoms with Gasteiger partial charge < -0.3 is 10.1 Å². The fraction of sp³-hybridized carbons (Fsp3) is 0.231. The van der Waals surface area contributed by atoms with Gasteiger partial charge in [0.2, 0.25) is 0 Å². The van der Waals surface area contributed by atoms with Crippen LogP contribution in [0.25, 0.3) is 0 Å². The Morgan fingerprint density at radius 2 is 2.21 bits per heavy atom. The summed E-state index contributed by atoms with van der Waals surface area (Å²) in [5.74, 6) is 1.56. The van der Waals surface area contributed by atoms with Crippen LogP contribution in [0.5, 0.6) is 5.75 Å². The van der Waals surface area contributed by atoms with Crippen LogP contribution in [0.15, 0.2) is 35.1 Å². The molecule has 0 aliphatic carbocycles. The monoisotopic (exact) mass is 341 g/mol. The number of aromatic nitrogens is 2. The zero-order chi connectivity index (χ0) is 13.7. The third-order valence-electron chi connectivity index (χ3n) is 2.59. The molecule has 0 spiro atoms. The number of methoxy groups -OCH3 is 1. The van der Waals surface area contributed by atoms with E-state index in [-0.39, 0.29) is 0 Å². The molecule has 1 aromatic carbocycles. The Labute approximate surface area is 125 Å². The summed E-state index contributed by atoms with van der Waals surface area (Å²) in [7, 11) is 1.66. The van der Waals surface area contributed by atoms with Crippen molar-refractivity contribution in [2.75, 3.05) is 19.0 Å². The molecule has 0 saturated heterocycles. The minimum atomic E-state index is 0.402. The molecule has 2 aromatic rings. The van der Waals surface area contributed by atoms with Crippen LogP contribution in [0.2, 0.25) is 5.15 Å². The van der Waals surface area contributed by atoms with E-state index in [0.717, 1.165) is 18.7 Å². The van der Waals surface area contributed by atoms with Crippen LogP contribution in [0.3, 0.4) is 0 Å². The standard InChI is InChI=1S/C13H13BrClN3O/c1-19-10-4-2-3-9(7-10)5-6-16-13-11(14)12(15)17-8-18-13/h2-4,7-8H,5-6H2,1H3,(H,16,17,18). The van der Waals surface area contributed by atoms with E-state index in [1.807, 2.05) is 18.2 Å². The topological polar surface area (TPSA) is 47.0 Å². The number of nitrogens with one attached hydrogen (secondary N) is 1. The Kier molecular flexibility index (Phi) is 4.99. The van der Waals surface area contributed by atoms with E-state index in [4.69, 9.17) is 16.3 Å². The lowest BCUT2D eigenvalue weighted by molar-refractivity contribution is 0.414. The van der Waals surface area contributed by atoms with Gasteiger partial charge in [0, 0.05) is 6.54 Å². The average Bonchev–Trinajstić information content (AvgIpc) is 2.44. The van der Waals surface area contributed by atoms with Crippen molar-refractivity contribution in [3.63, 3.8) is 0 Å². The number of halogens is 2. The Morgan fingerprint density at radius 3 is 3.00 bits per heavy atom. The highest BCUT2D eigenvalue weighted by molar-refractivity contribution is 9.10. The number of ether oxygens (including phenoxy) is 1. The van der Waals surface area contributed by atoms with Crippen LogP contribution in [-0.4, -0.2) is 23.6 Å². The van der Waals surface area contributed by atoms with Crippen molar-refractivity contribution in [1.29, 1.82) is 0 Å². The first-order valence-electron chi connectivity index (χ1n) is 5.73. The second kappa shape index (κ2) is 6.73. The lowest BCUT2D eigenvalue weighted by atomic mass is 10.1. The minimum absolute atomic E-state index is 0.402. The maximum atomic E-state index is 5.89. The Hall–Kier alpha value is -1.33. The first-order chi connectivity index (χ1) is 9.20. The van der Waals surface area contributed by atoms with Gasteiger partial charge >= 0.3 is 0 Å². The molecule has 0 aliphatic rings. The van der Waals surface area contributed by atoms with Crippen molar-refractivity contribution in [2.45, 2.75) is 6.42 Å². The number of benzene rings is 1. The highest BCUT2D eigenvalue weighted by atomic mass is 79.9. The predicted molar refractivity (Wildman–Crippen MR) is 79.9 cm³/mol. The minimum Gasteiger partial charge on any atom is -0.497 e. The van der Waals surface area contributed by atoms with E-state index in [1.54, 1.807) is 7.11 Å². The number of nitrogens with zero attached hydrogens (tertiary/aromatic N) is 2. The van der Waals surface area contributed by atoms with E-state index in [9.17, 15) is 0 Å². The third kappa shape index (κ3) is 3.81. The second-order valence-corrected chi connectivity index (χ2v) is 5.01. The molecule has 4 nitrogen and oxygen atoms in total. The van der Waals surface area contributed by atoms with Crippen LogP contribution < -0.4 is 10.1 Å². The first-order valence-corrected chi connectivity index (χ1v) is 6.90. The summed E-state index contributed by atoms with van der Waals surface area (Å²) in [6, 6.07) is 7.99. The van der Waals surface area contributed by atoms with Gasteiger partial charge in [-0.1, -0.05) is 23.7 Å². The highest BCUT2D eigenvalue weighted by Crippen LogP contribution is 2.25. The highest BCUT2D eigenvalue weighted by Gasteiger charge is 2.05. The Morgan fingerprint density at radius 1 is 1.37 bits per heavy atom. The zero-order valence-corrected chi connectivity index (χ0v) is 12.7. The molecule has 100 valence electrons. The van der Waals surface area contributed by atoms with E-state index < -0.39 is 0 Å². The lowest BCUT2D eigenvalue weighted by Crippen LogP contribution is -2.07. The van der Waals surface area contributed by atoms with Crippen molar-refractivity contribution in [1.82, 2.24) is 9.97 Å². The quantitative estimate of drug-likeness (QED) is 0.844. The Bertz CT molecular complexity index is 565. The van der Waals surface area contributed by atoms with Crippen LogP contribution in [0.4, 0.5) is 5.82 Å². The molecule has 2 rings (SSSR count). The van der Waals surface area contributed by atoms with E-state index in [1.165, 1.54) is 11.9 Å². The smallest absolute Gasteiger partial charge is 0.148 e. The number of rotatable bonds is 5. The molecule has 0 radical (unpaired) electrons. The summed E-state index contributed by atoms with van der Waals surface area (Å²) in [5.41, 5.74) is 1.20. The molecule has 1 aromatic heterocycles. The molecule has 19 heavy (non-hydrogen) atoms. The molecule has 1 heterocycles. The summed E-state index contributed by atoms with van der Waals surface area (Å²) in [6.07, 6.45) is 2.30.